The van der Waals surface area contributed by atoms with Crippen molar-refractivity contribution in [2.75, 3.05) is 7.05 Å². The van der Waals surface area contributed by atoms with E-state index in [1.54, 1.807) is 19.1 Å². The number of carbonyl (C=O) groups is 1. The van der Waals surface area contributed by atoms with Crippen LogP contribution in [0.2, 0.25) is 0 Å². The van der Waals surface area contributed by atoms with E-state index in [0.717, 1.165) is 0 Å². The molecule has 3 rings (SSSR count). The Morgan fingerprint density at radius 3 is 2.43 bits per heavy atom. The molecule has 148 valence electrons. The van der Waals surface area contributed by atoms with E-state index in [2.05, 4.69) is 20.5 Å². The molecular weight excluding hydrogens is 379 g/mol. The molecule has 0 saturated heterocycles. The lowest BCUT2D eigenvalue weighted by Crippen LogP contribution is -2.23. The Balaban J connectivity index is 1.70. The quantitative estimate of drug-likeness (QED) is 0.810. The molecule has 0 bridgehead atoms. The van der Waals surface area contributed by atoms with Gasteiger partial charge in [-0.05, 0) is 36.8 Å². The Kier molecular flexibility index (Phi) is 5.14. The van der Waals surface area contributed by atoms with Gasteiger partial charge in [0.2, 0.25) is 5.88 Å². The van der Waals surface area contributed by atoms with E-state index in [1.807, 2.05) is 0 Å². The number of amides is 1. The highest BCUT2D eigenvalue weighted by Gasteiger charge is 2.34. The van der Waals surface area contributed by atoms with Gasteiger partial charge < -0.3 is 14.8 Å². The van der Waals surface area contributed by atoms with Crippen molar-refractivity contribution in [3.8, 4) is 11.5 Å². The zero-order chi connectivity index (χ0) is 20.4. The molecular formula is C18H16F3N3O4. The standard InChI is InChI=1S/C18H16F3N3O4/c1-17(11-3-5-12(6-4-11)27-18(19,20)21)9-15(24-28-17)26-13-7-8-14(23-10-13)16(25)22-2/h3-10,24H,1-2H3,(H,22,25). The monoisotopic (exact) mass is 395 g/mol. The molecule has 1 unspecified atom stereocenters. The molecule has 1 amide bonds. The van der Waals surface area contributed by atoms with Crippen LogP contribution in [-0.2, 0) is 10.4 Å². The van der Waals surface area contributed by atoms with Gasteiger partial charge in [-0.25, -0.2) is 10.5 Å². The number of ether oxygens (including phenoxy) is 2. The SMILES string of the molecule is CNC(=O)c1ccc(OC2=CC(C)(c3ccc(OC(F)(F)F)cc3)ON2)cn1. The Morgan fingerprint density at radius 2 is 1.86 bits per heavy atom. The topological polar surface area (TPSA) is 81.7 Å². The summed E-state index contributed by atoms with van der Waals surface area (Å²) in [6.45, 7) is 1.71. The van der Waals surface area contributed by atoms with Crippen molar-refractivity contribution in [3.05, 3.63) is 65.8 Å². The number of nitrogens with zero attached hydrogens (tertiary/aromatic N) is 1. The van der Waals surface area contributed by atoms with Crippen molar-refractivity contribution in [2.45, 2.75) is 18.9 Å². The van der Waals surface area contributed by atoms with Crippen molar-refractivity contribution >= 4 is 5.91 Å². The summed E-state index contributed by atoms with van der Waals surface area (Å²) < 4.78 is 46.2. The second-order valence-electron chi connectivity index (χ2n) is 5.95. The van der Waals surface area contributed by atoms with Crippen molar-refractivity contribution in [2.24, 2.45) is 0 Å². The van der Waals surface area contributed by atoms with Crippen molar-refractivity contribution in [3.63, 3.8) is 0 Å². The minimum absolute atomic E-state index is 0.241. The summed E-state index contributed by atoms with van der Waals surface area (Å²) in [7, 11) is 1.50. The molecule has 1 aromatic heterocycles. The number of halogens is 3. The molecule has 1 aliphatic rings. The Hall–Kier alpha value is -3.27. The van der Waals surface area contributed by atoms with Gasteiger partial charge >= 0.3 is 6.36 Å². The second kappa shape index (κ2) is 7.39. The molecule has 2 aromatic rings. The number of hydrogen-bond acceptors (Lipinski definition) is 6. The largest absolute Gasteiger partial charge is 0.573 e. The number of aromatic nitrogens is 1. The van der Waals surface area contributed by atoms with Crippen LogP contribution in [0.3, 0.4) is 0 Å². The van der Waals surface area contributed by atoms with Gasteiger partial charge in [0.1, 0.15) is 22.8 Å². The van der Waals surface area contributed by atoms with Crippen LogP contribution in [0.1, 0.15) is 23.0 Å². The number of carbonyl (C=O) groups excluding carboxylic acids is 1. The summed E-state index contributed by atoms with van der Waals surface area (Å²) in [6.07, 6.45) is -1.75. The predicted molar refractivity (Wildman–Crippen MR) is 91.0 cm³/mol. The molecule has 2 heterocycles. The Bertz CT molecular complexity index is 882. The molecule has 1 atom stereocenters. The molecule has 1 aliphatic heterocycles. The average Bonchev–Trinajstić information content (AvgIpc) is 3.03. The second-order valence-corrected chi connectivity index (χ2v) is 5.95. The Morgan fingerprint density at radius 1 is 1.18 bits per heavy atom. The summed E-state index contributed by atoms with van der Waals surface area (Å²) in [6, 6.07) is 8.39. The number of hydroxylamine groups is 1. The van der Waals surface area contributed by atoms with E-state index in [9.17, 15) is 18.0 Å². The highest BCUT2D eigenvalue weighted by molar-refractivity contribution is 5.91. The van der Waals surface area contributed by atoms with Crippen LogP contribution in [0.15, 0.2) is 54.6 Å². The van der Waals surface area contributed by atoms with Crippen LogP contribution >= 0.6 is 0 Å². The van der Waals surface area contributed by atoms with Gasteiger partial charge in [0.15, 0.2) is 0 Å². The smallest absolute Gasteiger partial charge is 0.438 e. The third-order valence-corrected chi connectivity index (χ3v) is 3.86. The first kappa shape index (κ1) is 19.5. The molecule has 0 spiro atoms. The summed E-state index contributed by atoms with van der Waals surface area (Å²) in [5, 5.41) is 2.46. The maximum Gasteiger partial charge on any atom is 0.573 e. The van der Waals surface area contributed by atoms with Gasteiger partial charge in [-0.15, -0.1) is 13.2 Å². The molecule has 10 heteroatoms. The van der Waals surface area contributed by atoms with Gasteiger partial charge in [-0.1, -0.05) is 12.1 Å². The minimum Gasteiger partial charge on any atom is -0.438 e. The predicted octanol–water partition coefficient (Wildman–Crippen LogP) is 3.01. The number of benzene rings is 1. The lowest BCUT2D eigenvalue weighted by molar-refractivity contribution is -0.274. The van der Waals surface area contributed by atoms with Crippen molar-refractivity contribution in [1.82, 2.24) is 15.8 Å². The number of alkyl halides is 3. The third kappa shape index (κ3) is 4.52. The van der Waals surface area contributed by atoms with Gasteiger partial charge in [0.05, 0.1) is 6.20 Å². The first-order chi connectivity index (χ1) is 13.2. The highest BCUT2D eigenvalue weighted by Crippen LogP contribution is 2.33. The maximum absolute atomic E-state index is 12.3. The maximum atomic E-state index is 12.3. The summed E-state index contributed by atoms with van der Waals surface area (Å²) in [4.78, 5) is 21.0. The lowest BCUT2D eigenvalue weighted by Gasteiger charge is -2.20. The molecule has 2 N–H and O–H groups in total. The third-order valence-electron chi connectivity index (χ3n) is 3.86. The first-order valence-electron chi connectivity index (χ1n) is 8.08. The molecule has 1 aromatic carbocycles. The fraction of sp³-hybridized carbons (Fsp3) is 0.222. The first-order valence-corrected chi connectivity index (χ1v) is 8.08. The zero-order valence-corrected chi connectivity index (χ0v) is 14.8. The van der Waals surface area contributed by atoms with E-state index in [1.165, 1.54) is 43.6 Å². The van der Waals surface area contributed by atoms with Crippen LogP contribution in [-0.4, -0.2) is 24.3 Å². The summed E-state index contributed by atoms with van der Waals surface area (Å²) in [5.41, 5.74) is 2.47. The van der Waals surface area contributed by atoms with Crippen molar-refractivity contribution in [1.29, 1.82) is 0 Å². The van der Waals surface area contributed by atoms with Crippen LogP contribution in [0.25, 0.3) is 0 Å². The van der Waals surface area contributed by atoms with E-state index < -0.39 is 12.0 Å². The van der Waals surface area contributed by atoms with Gasteiger partial charge in [0, 0.05) is 13.1 Å². The number of rotatable bonds is 5. The summed E-state index contributed by atoms with van der Waals surface area (Å²) in [5.74, 6) is -0.00653. The Labute approximate surface area is 158 Å². The highest BCUT2D eigenvalue weighted by atomic mass is 19.4. The zero-order valence-electron chi connectivity index (χ0n) is 14.8. The average molecular weight is 395 g/mol. The van der Waals surface area contributed by atoms with E-state index in [-0.39, 0.29) is 23.2 Å². The molecule has 0 aliphatic carbocycles. The van der Waals surface area contributed by atoms with Crippen LogP contribution in [0, 0.1) is 0 Å². The normalized spacial score (nSPS) is 18.8. The number of nitrogens with one attached hydrogen (secondary N) is 2. The number of hydrogen-bond donors (Lipinski definition) is 2. The molecule has 0 fully saturated rings. The van der Waals surface area contributed by atoms with E-state index in [4.69, 9.17) is 9.57 Å². The molecule has 28 heavy (non-hydrogen) atoms. The summed E-state index contributed by atoms with van der Waals surface area (Å²) >= 11 is 0. The van der Waals surface area contributed by atoms with Gasteiger partial charge in [-0.3, -0.25) is 9.63 Å². The number of pyridine rings is 1. The fourth-order valence-electron chi connectivity index (χ4n) is 2.48. The fourth-order valence-corrected chi connectivity index (χ4v) is 2.48. The molecule has 0 radical (unpaired) electrons. The van der Waals surface area contributed by atoms with Crippen molar-refractivity contribution < 1.29 is 32.3 Å². The van der Waals surface area contributed by atoms with Gasteiger partial charge in [-0.2, -0.15) is 0 Å². The van der Waals surface area contributed by atoms with E-state index >= 15 is 0 Å². The van der Waals surface area contributed by atoms with Crippen LogP contribution in [0.4, 0.5) is 13.2 Å². The molecule has 7 nitrogen and oxygen atoms in total. The van der Waals surface area contributed by atoms with Gasteiger partial charge in [0.25, 0.3) is 5.91 Å². The molecule has 0 saturated carbocycles. The van der Waals surface area contributed by atoms with Crippen LogP contribution in [0.5, 0.6) is 11.5 Å². The van der Waals surface area contributed by atoms with E-state index in [0.29, 0.717) is 11.3 Å². The van der Waals surface area contributed by atoms with Crippen LogP contribution < -0.4 is 20.3 Å². The minimum atomic E-state index is -4.75. The lowest BCUT2D eigenvalue weighted by atomic mass is 9.96.